The van der Waals surface area contributed by atoms with Gasteiger partial charge in [-0.15, -0.1) is 0 Å². The number of hydrogen-bond acceptors (Lipinski definition) is 6. The van der Waals surface area contributed by atoms with E-state index in [-0.39, 0.29) is 12.4 Å². The van der Waals surface area contributed by atoms with Crippen LogP contribution < -0.4 is 0 Å². The fourth-order valence-corrected chi connectivity index (χ4v) is 3.17. The Bertz CT molecular complexity index is 388. The van der Waals surface area contributed by atoms with Crippen LogP contribution in [0.25, 0.3) is 0 Å². The number of thioether (sulfide) groups is 1. The Hall–Kier alpha value is -1.04. The maximum atomic E-state index is 11.2. The summed E-state index contributed by atoms with van der Waals surface area (Å²) in [6.45, 7) is 2.15. The molecule has 0 N–H and O–H groups in total. The number of rotatable bonds is 6. The molecular weight excluding hydrogens is 252 g/mol. The van der Waals surface area contributed by atoms with E-state index >= 15 is 0 Å². The average molecular weight is 270 g/mol. The number of hydrogen-bond donors (Lipinski definition) is 0. The molecule has 6 heteroatoms. The number of carbonyl (C=O) groups excluding carboxylic acids is 1. The van der Waals surface area contributed by atoms with E-state index in [9.17, 15) is 4.79 Å². The van der Waals surface area contributed by atoms with E-state index in [4.69, 9.17) is 9.26 Å². The Labute approximate surface area is 111 Å². The topological polar surface area (TPSA) is 65.2 Å². The van der Waals surface area contributed by atoms with Crippen LogP contribution in [0, 0.1) is 0 Å². The highest BCUT2D eigenvalue weighted by molar-refractivity contribution is 7.99. The van der Waals surface area contributed by atoms with Crippen molar-refractivity contribution in [2.24, 2.45) is 0 Å². The second-order valence-corrected chi connectivity index (χ2v) is 5.59. The van der Waals surface area contributed by atoms with Gasteiger partial charge in [0.25, 0.3) is 0 Å². The van der Waals surface area contributed by atoms with Crippen LogP contribution in [0.5, 0.6) is 0 Å². The van der Waals surface area contributed by atoms with Crippen molar-refractivity contribution in [2.75, 3.05) is 6.61 Å². The van der Waals surface area contributed by atoms with Gasteiger partial charge in [0, 0.05) is 5.25 Å². The first-order valence-electron chi connectivity index (χ1n) is 6.36. The highest BCUT2D eigenvalue weighted by Gasteiger charge is 2.17. The standard InChI is InChI=1S/C12H18N2O3S/c1-2-16-12(15)7-11-13-10(14-17-11)8-18-9-5-3-4-6-9/h9H,2-8H2,1H3. The maximum Gasteiger partial charge on any atom is 0.315 e. The number of carbonyl (C=O) groups is 1. The van der Waals surface area contributed by atoms with E-state index in [0.717, 1.165) is 11.0 Å². The van der Waals surface area contributed by atoms with E-state index in [1.807, 2.05) is 11.8 Å². The summed E-state index contributed by atoms with van der Waals surface area (Å²) in [5.41, 5.74) is 0. The summed E-state index contributed by atoms with van der Waals surface area (Å²) in [6.07, 6.45) is 5.31. The summed E-state index contributed by atoms with van der Waals surface area (Å²) in [7, 11) is 0. The monoisotopic (exact) mass is 270 g/mol. The van der Waals surface area contributed by atoms with Crippen LogP contribution in [-0.2, 0) is 21.7 Å². The molecule has 0 radical (unpaired) electrons. The Morgan fingerprint density at radius 1 is 1.50 bits per heavy atom. The van der Waals surface area contributed by atoms with Crippen molar-refractivity contribution in [1.82, 2.24) is 10.1 Å². The van der Waals surface area contributed by atoms with Crippen molar-refractivity contribution in [2.45, 2.75) is 50.0 Å². The van der Waals surface area contributed by atoms with E-state index in [1.165, 1.54) is 25.7 Å². The van der Waals surface area contributed by atoms with Gasteiger partial charge in [-0.1, -0.05) is 18.0 Å². The van der Waals surface area contributed by atoms with Gasteiger partial charge in [-0.05, 0) is 19.8 Å². The molecular formula is C12H18N2O3S. The molecule has 0 atom stereocenters. The minimum Gasteiger partial charge on any atom is -0.466 e. The molecule has 0 bridgehead atoms. The zero-order valence-electron chi connectivity index (χ0n) is 10.6. The lowest BCUT2D eigenvalue weighted by Crippen LogP contribution is -2.07. The summed E-state index contributed by atoms with van der Waals surface area (Å²) in [6, 6.07) is 0. The van der Waals surface area contributed by atoms with Crippen molar-refractivity contribution in [3.05, 3.63) is 11.7 Å². The summed E-state index contributed by atoms with van der Waals surface area (Å²) >= 11 is 1.88. The zero-order chi connectivity index (χ0) is 12.8. The molecule has 0 amide bonds. The van der Waals surface area contributed by atoms with E-state index < -0.39 is 0 Å². The average Bonchev–Trinajstić information content (AvgIpc) is 2.97. The molecule has 1 saturated carbocycles. The van der Waals surface area contributed by atoms with Gasteiger partial charge in [0.15, 0.2) is 5.82 Å². The molecule has 1 heterocycles. The van der Waals surface area contributed by atoms with Crippen LogP contribution in [-0.4, -0.2) is 28.0 Å². The van der Waals surface area contributed by atoms with Crippen molar-refractivity contribution < 1.29 is 14.1 Å². The molecule has 2 rings (SSSR count). The Balaban J connectivity index is 1.76. The minimum atomic E-state index is -0.323. The lowest BCUT2D eigenvalue weighted by molar-refractivity contribution is -0.142. The predicted octanol–water partition coefficient (Wildman–Crippen LogP) is 2.35. The molecule has 1 fully saturated rings. The third-order valence-corrected chi connectivity index (χ3v) is 4.23. The molecule has 1 aromatic rings. The SMILES string of the molecule is CCOC(=O)Cc1nc(CSC2CCCC2)no1. The summed E-state index contributed by atoms with van der Waals surface area (Å²) in [5, 5.41) is 4.61. The largest absolute Gasteiger partial charge is 0.466 e. The van der Waals surface area contributed by atoms with Gasteiger partial charge >= 0.3 is 5.97 Å². The zero-order valence-corrected chi connectivity index (χ0v) is 11.4. The van der Waals surface area contributed by atoms with E-state index in [1.54, 1.807) is 6.92 Å². The van der Waals surface area contributed by atoms with Crippen LogP contribution in [0.15, 0.2) is 4.52 Å². The first kappa shape index (κ1) is 13.4. The molecule has 5 nitrogen and oxygen atoms in total. The molecule has 0 unspecified atom stereocenters. The van der Waals surface area contributed by atoms with Crippen LogP contribution in [0.2, 0.25) is 0 Å². The lowest BCUT2D eigenvalue weighted by atomic mass is 10.4. The molecule has 1 aliphatic rings. The Kier molecular flexibility index (Phi) is 5.04. The fourth-order valence-electron chi connectivity index (χ4n) is 2.00. The molecule has 0 aromatic carbocycles. The normalized spacial score (nSPS) is 16.1. The van der Waals surface area contributed by atoms with Crippen molar-refractivity contribution in [3.8, 4) is 0 Å². The number of ether oxygens (including phenoxy) is 1. The number of nitrogens with zero attached hydrogens (tertiary/aromatic N) is 2. The van der Waals surface area contributed by atoms with Crippen LogP contribution in [0.3, 0.4) is 0 Å². The Morgan fingerprint density at radius 3 is 3.00 bits per heavy atom. The highest BCUT2D eigenvalue weighted by Crippen LogP contribution is 2.30. The fraction of sp³-hybridized carbons (Fsp3) is 0.750. The van der Waals surface area contributed by atoms with Crippen molar-refractivity contribution >= 4 is 17.7 Å². The molecule has 1 aliphatic carbocycles. The smallest absolute Gasteiger partial charge is 0.315 e. The van der Waals surface area contributed by atoms with Gasteiger partial charge in [-0.2, -0.15) is 16.7 Å². The summed E-state index contributed by atoms with van der Waals surface area (Å²) in [4.78, 5) is 15.4. The molecule has 0 saturated heterocycles. The van der Waals surface area contributed by atoms with Gasteiger partial charge in [-0.25, -0.2) is 0 Å². The van der Waals surface area contributed by atoms with E-state index in [0.29, 0.717) is 18.3 Å². The second kappa shape index (κ2) is 6.78. The minimum absolute atomic E-state index is 0.0644. The van der Waals surface area contributed by atoms with Crippen LogP contribution in [0.1, 0.15) is 44.3 Å². The van der Waals surface area contributed by atoms with Crippen LogP contribution in [0.4, 0.5) is 0 Å². The van der Waals surface area contributed by atoms with Gasteiger partial charge in [0.05, 0.1) is 12.4 Å². The van der Waals surface area contributed by atoms with Gasteiger partial charge < -0.3 is 9.26 Å². The van der Waals surface area contributed by atoms with Crippen LogP contribution >= 0.6 is 11.8 Å². The quantitative estimate of drug-likeness (QED) is 0.739. The summed E-state index contributed by atoms with van der Waals surface area (Å²) in [5.74, 6) is 1.45. The maximum absolute atomic E-state index is 11.2. The third kappa shape index (κ3) is 4.01. The Morgan fingerprint density at radius 2 is 2.28 bits per heavy atom. The first-order valence-corrected chi connectivity index (χ1v) is 7.41. The number of aromatic nitrogens is 2. The van der Waals surface area contributed by atoms with Gasteiger partial charge in [-0.3, -0.25) is 4.79 Å². The van der Waals surface area contributed by atoms with Gasteiger partial charge in [0.2, 0.25) is 5.89 Å². The second-order valence-electron chi connectivity index (χ2n) is 4.30. The third-order valence-electron chi connectivity index (χ3n) is 2.86. The number of esters is 1. The highest BCUT2D eigenvalue weighted by atomic mass is 32.2. The predicted molar refractivity (Wildman–Crippen MR) is 68.2 cm³/mol. The van der Waals surface area contributed by atoms with Gasteiger partial charge in [0.1, 0.15) is 6.42 Å². The molecule has 100 valence electrons. The first-order chi connectivity index (χ1) is 8.78. The summed E-state index contributed by atoms with van der Waals surface area (Å²) < 4.78 is 9.85. The lowest BCUT2D eigenvalue weighted by Gasteiger charge is -2.04. The van der Waals surface area contributed by atoms with E-state index in [2.05, 4.69) is 10.1 Å². The molecule has 0 spiro atoms. The molecule has 18 heavy (non-hydrogen) atoms. The molecule has 1 aromatic heterocycles. The van der Waals surface area contributed by atoms with Crippen molar-refractivity contribution in [1.29, 1.82) is 0 Å². The van der Waals surface area contributed by atoms with Crippen molar-refractivity contribution in [3.63, 3.8) is 0 Å². The molecule has 0 aliphatic heterocycles.